The van der Waals surface area contributed by atoms with Crippen LogP contribution in [0.4, 0.5) is 0 Å². The molecule has 1 aromatic carbocycles. The molecule has 0 aliphatic rings. The molecule has 0 aliphatic heterocycles. The summed E-state index contributed by atoms with van der Waals surface area (Å²) in [5.74, 6) is 0.810. The van der Waals surface area contributed by atoms with Crippen molar-refractivity contribution in [3.8, 4) is 5.75 Å². The average Bonchev–Trinajstić information content (AvgIpc) is 2.89. The zero-order chi connectivity index (χ0) is 15.4. The van der Waals surface area contributed by atoms with Gasteiger partial charge in [-0.2, -0.15) is 5.10 Å². The highest BCUT2D eigenvalue weighted by molar-refractivity contribution is 5.37. The van der Waals surface area contributed by atoms with E-state index in [-0.39, 0.29) is 0 Å². The van der Waals surface area contributed by atoms with E-state index in [1.807, 2.05) is 29.8 Å². The zero-order valence-corrected chi connectivity index (χ0v) is 13.3. The Morgan fingerprint density at radius 1 is 1.29 bits per heavy atom. The predicted molar refractivity (Wildman–Crippen MR) is 83.7 cm³/mol. The second-order valence-electron chi connectivity index (χ2n) is 5.25. The van der Waals surface area contributed by atoms with Crippen LogP contribution in [-0.4, -0.2) is 22.0 Å². The van der Waals surface area contributed by atoms with Crippen LogP contribution in [0.5, 0.6) is 5.75 Å². The summed E-state index contributed by atoms with van der Waals surface area (Å²) in [5.41, 5.74) is 4.08. The number of aryl methyl sites for hydroxylation is 3. The number of aliphatic hydroxyl groups is 1. The number of hydrogen-bond acceptors (Lipinski definition) is 3. The molecule has 21 heavy (non-hydrogen) atoms. The van der Waals surface area contributed by atoms with Gasteiger partial charge < -0.3 is 9.84 Å². The summed E-state index contributed by atoms with van der Waals surface area (Å²) in [4.78, 5) is 0. The van der Waals surface area contributed by atoms with Crippen molar-refractivity contribution in [3.05, 3.63) is 46.8 Å². The molecule has 0 aliphatic carbocycles. The van der Waals surface area contributed by atoms with E-state index < -0.39 is 6.10 Å². The van der Waals surface area contributed by atoms with Crippen LogP contribution in [0.3, 0.4) is 0 Å². The molecule has 1 atom stereocenters. The molecule has 4 heteroatoms. The van der Waals surface area contributed by atoms with Gasteiger partial charge in [-0.05, 0) is 43.5 Å². The van der Waals surface area contributed by atoms with Crippen LogP contribution >= 0.6 is 0 Å². The molecular weight excluding hydrogens is 264 g/mol. The van der Waals surface area contributed by atoms with E-state index in [2.05, 4.69) is 25.0 Å². The van der Waals surface area contributed by atoms with E-state index in [0.717, 1.165) is 41.2 Å². The summed E-state index contributed by atoms with van der Waals surface area (Å²) < 4.78 is 7.29. The van der Waals surface area contributed by atoms with Crippen LogP contribution in [0, 0.1) is 6.92 Å². The first-order valence-electron chi connectivity index (χ1n) is 7.47. The normalized spacial score (nSPS) is 12.4. The summed E-state index contributed by atoms with van der Waals surface area (Å²) in [5, 5.41) is 15.0. The maximum atomic E-state index is 10.5. The van der Waals surface area contributed by atoms with Crippen molar-refractivity contribution in [1.29, 1.82) is 0 Å². The third kappa shape index (κ3) is 3.45. The predicted octanol–water partition coefficient (Wildman–Crippen LogP) is 3.06. The number of rotatable bonds is 6. The van der Waals surface area contributed by atoms with E-state index in [9.17, 15) is 5.11 Å². The summed E-state index contributed by atoms with van der Waals surface area (Å²) in [6.07, 6.45) is 0.924. The number of hydrogen-bond donors (Lipinski definition) is 1. The highest BCUT2D eigenvalue weighted by Gasteiger charge is 2.14. The van der Waals surface area contributed by atoms with Crippen LogP contribution in [0.15, 0.2) is 24.3 Å². The Balaban J connectivity index is 2.21. The number of methoxy groups -OCH3 is 1. The minimum atomic E-state index is -0.550. The van der Waals surface area contributed by atoms with Crippen molar-refractivity contribution in [2.45, 2.75) is 46.3 Å². The first-order valence-corrected chi connectivity index (χ1v) is 7.47. The largest absolute Gasteiger partial charge is 0.496 e. The Labute approximate surface area is 126 Å². The number of aliphatic hydroxyl groups excluding tert-OH is 1. The fourth-order valence-corrected chi connectivity index (χ4v) is 2.49. The molecule has 0 bridgehead atoms. The van der Waals surface area contributed by atoms with Gasteiger partial charge in [0.05, 0.1) is 18.9 Å². The SMILES string of the molecule is CCc1cc(CC(O)c2ccc(C)c(OC)c2)n(CC)n1. The Bertz CT molecular complexity index is 605. The fraction of sp³-hybridized carbons (Fsp3) is 0.471. The number of benzene rings is 1. The van der Waals surface area contributed by atoms with Gasteiger partial charge in [0.25, 0.3) is 0 Å². The Morgan fingerprint density at radius 3 is 2.67 bits per heavy atom. The lowest BCUT2D eigenvalue weighted by molar-refractivity contribution is 0.175. The minimum absolute atomic E-state index is 0.550. The molecule has 0 radical (unpaired) electrons. The molecule has 1 unspecified atom stereocenters. The van der Waals surface area contributed by atoms with Gasteiger partial charge in [-0.3, -0.25) is 4.68 Å². The van der Waals surface area contributed by atoms with Crippen LogP contribution in [-0.2, 0) is 19.4 Å². The monoisotopic (exact) mass is 288 g/mol. The molecule has 1 aromatic heterocycles. The zero-order valence-electron chi connectivity index (χ0n) is 13.3. The molecule has 0 spiro atoms. The van der Waals surface area contributed by atoms with Gasteiger partial charge >= 0.3 is 0 Å². The number of aromatic nitrogens is 2. The van der Waals surface area contributed by atoms with Gasteiger partial charge in [-0.1, -0.05) is 19.1 Å². The first kappa shape index (κ1) is 15.6. The lowest BCUT2D eigenvalue weighted by Gasteiger charge is -2.14. The Morgan fingerprint density at radius 2 is 2.05 bits per heavy atom. The quantitative estimate of drug-likeness (QED) is 0.888. The van der Waals surface area contributed by atoms with Gasteiger partial charge in [0.15, 0.2) is 0 Å². The maximum absolute atomic E-state index is 10.5. The maximum Gasteiger partial charge on any atom is 0.122 e. The number of nitrogens with zero attached hydrogens (tertiary/aromatic N) is 2. The fourth-order valence-electron chi connectivity index (χ4n) is 2.49. The lowest BCUT2D eigenvalue weighted by Crippen LogP contribution is -2.08. The molecule has 1 heterocycles. The van der Waals surface area contributed by atoms with Gasteiger partial charge in [-0.25, -0.2) is 0 Å². The molecule has 1 N–H and O–H groups in total. The van der Waals surface area contributed by atoms with Crippen molar-refractivity contribution in [3.63, 3.8) is 0 Å². The highest BCUT2D eigenvalue weighted by Crippen LogP contribution is 2.25. The lowest BCUT2D eigenvalue weighted by atomic mass is 10.0. The first-order chi connectivity index (χ1) is 10.1. The highest BCUT2D eigenvalue weighted by atomic mass is 16.5. The van der Waals surface area contributed by atoms with Crippen LogP contribution in [0.2, 0.25) is 0 Å². The molecule has 0 saturated carbocycles. The molecule has 0 saturated heterocycles. The topological polar surface area (TPSA) is 47.3 Å². The smallest absolute Gasteiger partial charge is 0.122 e. The van der Waals surface area contributed by atoms with Gasteiger partial charge in [0.2, 0.25) is 0 Å². The van der Waals surface area contributed by atoms with E-state index in [1.54, 1.807) is 7.11 Å². The second kappa shape index (κ2) is 6.76. The van der Waals surface area contributed by atoms with Crippen molar-refractivity contribution < 1.29 is 9.84 Å². The summed E-state index contributed by atoms with van der Waals surface area (Å²) in [6, 6.07) is 7.92. The minimum Gasteiger partial charge on any atom is -0.496 e. The van der Waals surface area contributed by atoms with Crippen LogP contribution < -0.4 is 4.74 Å². The van der Waals surface area contributed by atoms with E-state index in [4.69, 9.17) is 4.74 Å². The van der Waals surface area contributed by atoms with Gasteiger partial charge in [0, 0.05) is 18.7 Å². The molecule has 4 nitrogen and oxygen atoms in total. The van der Waals surface area contributed by atoms with Gasteiger partial charge in [-0.15, -0.1) is 0 Å². The van der Waals surface area contributed by atoms with Crippen molar-refractivity contribution >= 4 is 0 Å². The molecule has 2 aromatic rings. The second-order valence-corrected chi connectivity index (χ2v) is 5.25. The molecule has 114 valence electrons. The third-order valence-electron chi connectivity index (χ3n) is 3.80. The number of ether oxygens (including phenoxy) is 1. The van der Waals surface area contributed by atoms with Gasteiger partial charge in [0.1, 0.15) is 5.75 Å². The standard InChI is InChI=1S/C17H24N2O2/c1-5-14-10-15(19(6-2)18-14)11-16(20)13-8-7-12(3)17(9-13)21-4/h7-10,16,20H,5-6,11H2,1-4H3. The van der Waals surface area contributed by atoms with E-state index in [0.29, 0.717) is 6.42 Å². The Hall–Kier alpha value is -1.81. The van der Waals surface area contributed by atoms with Crippen molar-refractivity contribution in [2.75, 3.05) is 7.11 Å². The Kier molecular flexibility index (Phi) is 5.02. The molecule has 0 fully saturated rings. The average molecular weight is 288 g/mol. The van der Waals surface area contributed by atoms with Crippen molar-refractivity contribution in [2.24, 2.45) is 0 Å². The van der Waals surface area contributed by atoms with E-state index >= 15 is 0 Å². The summed E-state index contributed by atoms with van der Waals surface area (Å²) in [7, 11) is 1.65. The van der Waals surface area contributed by atoms with Crippen molar-refractivity contribution in [1.82, 2.24) is 9.78 Å². The van der Waals surface area contributed by atoms with Crippen LogP contribution in [0.25, 0.3) is 0 Å². The molecular formula is C17H24N2O2. The molecule has 0 amide bonds. The summed E-state index contributed by atoms with van der Waals surface area (Å²) >= 11 is 0. The van der Waals surface area contributed by atoms with Crippen LogP contribution in [0.1, 0.15) is 42.5 Å². The van der Waals surface area contributed by atoms with E-state index in [1.165, 1.54) is 0 Å². The third-order valence-corrected chi connectivity index (χ3v) is 3.80. The molecule has 2 rings (SSSR count). The summed E-state index contributed by atoms with van der Waals surface area (Å²) in [6.45, 7) is 6.97.